The minimum Gasteiger partial charge on any atom is -0.172 e. The molecular formula is C20H10Br2N4S4. The van der Waals surface area contributed by atoms with Crippen LogP contribution in [-0.2, 0) is 0 Å². The second-order valence-electron chi connectivity index (χ2n) is 6.07. The Balaban J connectivity index is 0.000000128. The van der Waals surface area contributed by atoms with E-state index in [4.69, 9.17) is 0 Å². The molecule has 0 aliphatic rings. The predicted octanol–water partition coefficient (Wildman–Crippen LogP) is 8.36. The SMILES string of the molecule is Brc1ccc(-c2cccs2)c2nsnc12.Brc1ccc(-c2cccs2)c2nsnc12. The lowest BCUT2D eigenvalue weighted by Gasteiger charge is -1.99. The molecule has 10 heteroatoms. The van der Waals surface area contributed by atoms with Crippen LogP contribution in [0.2, 0.25) is 0 Å². The zero-order valence-electron chi connectivity index (χ0n) is 15.0. The molecule has 0 N–H and O–H groups in total. The molecule has 0 aliphatic carbocycles. The molecule has 0 saturated heterocycles. The van der Waals surface area contributed by atoms with Crippen molar-refractivity contribution in [3.8, 4) is 20.9 Å². The molecule has 0 radical (unpaired) electrons. The molecule has 4 nitrogen and oxygen atoms in total. The maximum atomic E-state index is 4.34. The van der Waals surface area contributed by atoms with Crippen LogP contribution in [0.3, 0.4) is 0 Å². The first-order chi connectivity index (χ1) is 14.7. The van der Waals surface area contributed by atoms with Crippen molar-refractivity contribution in [1.29, 1.82) is 0 Å². The van der Waals surface area contributed by atoms with E-state index in [1.807, 2.05) is 24.3 Å². The van der Waals surface area contributed by atoms with Gasteiger partial charge in [-0.2, -0.15) is 17.5 Å². The van der Waals surface area contributed by atoms with Gasteiger partial charge in [-0.15, -0.1) is 22.7 Å². The topological polar surface area (TPSA) is 51.6 Å². The average molecular weight is 594 g/mol. The van der Waals surface area contributed by atoms with Gasteiger partial charge in [-0.3, -0.25) is 0 Å². The highest BCUT2D eigenvalue weighted by molar-refractivity contribution is 9.11. The number of aromatic nitrogens is 4. The molecule has 0 bridgehead atoms. The molecule has 0 unspecified atom stereocenters. The Morgan fingerprint density at radius 3 is 1.37 bits per heavy atom. The zero-order chi connectivity index (χ0) is 20.5. The first kappa shape index (κ1) is 20.3. The largest absolute Gasteiger partial charge is 0.172 e. The van der Waals surface area contributed by atoms with Crippen LogP contribution in [0, 0.1) is 0 Å². The van der Waals surface area contributed by atoms with Gasteiger partial charge in [0.1, 0.15) is 22.1 Å². The lowest BCUT2D eigenvalue weighted by Crippen LogP contribution is -1.78. The first-order valence-corrected chi connectivity index (χ1v) is 13.4. The van der Waals surface area contributed by atoms with Gasteiger partial charge in [0, 0.05) is 29.8 Å². The highest BCUT2D eigenvalue weighted by Gasteiger charge is 2.11. The Kier molecular flexibility index (Phi) is 6.03. The highest BCUT2D eigenvalue weighted by atomic mass is 79.9. The van der Waals surface area contributed by atoms with E-state index in [0.717, 1.165) is 42.1 Å². The highest BCUT2D eigenvalue weighted by Crippen LogP contribution is 2.35. The van der Waals surface area contributed by atoms with Crippen LogP contribution in [-0.4, -0.2) is 17.5 Å². The fourth-order valence-corrected chi connectivity index (χ4v) is 6.64. The van der Waals surface area contributed by atoms with Gasteiger partial charge in [0.2, 0.25) is 0 Å². The van der Waals surface area contributed by atoms with Gasteiger partial charge in [-0.05, 0) is 66.9 Å². The van der Waals surface area contributed by atoms with Crippen LogP contribution < -0.4 is 0 Å². The Labute approximate surface area is 205 Å². The van der Waals surface area contributed by atoms with E-state index in [9.17, 15) is 0 Å². The summed E-state index contributed by atoms with van der Waals surface area (Å²) in [6, 6.07) is 16.5. The van der Waals surface area contributed by atoms with Crippen LogP contribution in [0.4, 0.5) is 0 Å². The lowest BCUT2D eigenvalue weighted by atomic mass is 10.1. The molecular weight excluding hydrogens is 584 g/mol. The molecule has 0 spiro atoms. The third-order valence-corrected chi connectivity index (χ3v) is 8.45. The molecule has 0 atom stereocenters. The molecule has 0 fully saturated rings. The van der Waals surface area contributed by atoms with Gasteiger partial charge in [-0.25, -0.2) is 0 Å². The Morgan fingerprint density at radius 2 is 0.967 bits per heavy atom. The first-order valence-electron chi connectivity index (χ1n) is 8.61. The van der Waals surface area contributed by atoms with Gasteiger partial charge < -0.3 is 0 Å². The normalized spacial score (nSPS) is 11.0. The lowest BCUT2D eigenvalue weighted by molar-refractivity contribution is 1.61. The van der Waals surface area contributed by atoms with Gasteiger partial charge in [0.15, 0.2) is 0 Å². The molecule has 148 valence electrons. The van der Waals surface area contributed by atoms with Crippen molar-refractivity contribution in [3.63, 3.8) is 0 Å². The summed E-state index contributed by atoms with van der Waals surface area (Å²) in [5, 5.41) is 4.14. The van der Waals surface area contributed by atoms with E-state index in [1.165, 1.54) is 33.2 Å². The van der Waals surface area contributed by atoms with Crippen LogP contribution >= 0.6 is 78.0 Å². The van der Waals surface area contributed by atoms with Crippen LogP contribution in [0.15, 0.2) is 68.2 Å². The second-order valence-corrected chi connectivity index (χ2v) is 10.7. The molecule has 6 aromatic rings. The van der Waals surface area contributed by atoms with Gasteiger partial charge in [0.05, 0.1) is 23.5 Å². The zero-order valence-corrected chi connectivity index (χ0v) is 21.4. The number of benzene rings is 2. The smallest absolute Gasteiger partial charge is 0.119 e. The van der Waals surface area contributed by atoms with E-state index < -0.39 is 0 Å². The third kappa shape index (κ3) is 3.88. The van der Waals surface area contributed by atoms with E-state index in [2.05, 4.69) is 84.4 Å². The molecule has 4 heterocycles. The number of rotatable bonds is 2. The summed E-state index contributed by atoms with van der Waals surface area (Å²) >= 11 is 12.9. The fourth-order valence-electron chi connectivity index (χ4n) is 2.93. The minimum absolute atomic E-state index is 0.950. The van der Waals surface area contributed by atoms with Gasteiger partial charge in [0.25, 0.3) is 0 Å². The summed E-state index contributed by atoms with van der Waals surface area (Å²) in [7, 11) is 0. The standard InChI is InChI=1S/2C10H5BrN2S2/c2*11-7-4-3-6(8-2-1-5-14-8)9-10(7)13-15-12-9/h2*1-5H. The summed E-state index contributed by atoms with van der Waals surface area (Å²) in [5.74, 6) is 0. The minimum atomic E-state index is 0.950. The number of hydrogen-bond donors (Lipinski definition) is 0. The van der Waals surface area contributed by atoms with Crippen molar-refractivity contribution >= 4 is 100 Å². The molecule has 6 rings (SSSR count). The quantitative estimate of drug-likeness (QED) is 0.202. The Hall–Kier alpha value is -1.56. The van der Waals surface area contributed by atoms with Gasteiger partial charge in [-0.1, -0.05) is 24.3 Å². The number of nitrogens with zero attached hydrogens (tertiary/aromatic N) is 4. The number of fused-ring (bicyclic) bond motifs is 2. The van der Waals surface area contributed by atoms with Crippen molar-refractivity contribution in [2.24, 2.45) is 0 Å². The van der Waals surface area contributed by atoms with Crippen molar-refractivity contribution in [1.82, 2.24) is 17.5 Å². The monoisotopic (exact) mass is 592 g/mol. The summed E-state index contributed by atoms with van der Waals surface area (Å²) in [4.78, 5) is 2.47. The van der Waals surface area contributed by atoms with Crippen molar-refractivity contribution in [3.05, 3.63) is 68.2 Å². The average Bonchev–Trinajstić information content (AvgIpc) is 3.57. The van der Waals surface area contributed by atoms with Crippen molar-refractivity contribution in [2.45, 2.75) is 0 Å². The van der Waals surface area contributed by atoms with Gasteiger partial charge >= 0.3 is 0 Å². The second kappa shape index (κ2) is 8.89. The number of thiophene rings is 2. The Morgan fingerprint density at radius 1 is 0.533 bits per heavy atom. The van der Waals surface area contributed by atoms with Crippen LogP contribution in [0.1, 0.15) is 0 Å². The summed E-state index contributed by atoms with van der Waals surface area (Å²) in [6.07, 6.45) is 0. The van der Waals surface area contributed by atoms with Crippen molar-refractivity contribution < 1.29 is 0 Å². The van der Waals surface area contributed by atoms with E-state index in [-0.39, 0.29) is 0 Å². The van der Waals surface area contributed by atoms with E-state index in [0.29, 0.717) is 0 Å². The number of hydrogen-bond acceptors (Lipinski definition) is 8. The maximum Gasteiger partial charge on any atom is 0.119 e. The van der Waals surface area contributed by atoms with Crippen LogP contribution in [0.5, 0.6) is 0 Å². The molecule has 0 amide bonds. The summed E-state index contributed by atoms with van der Waals surface area (Å²) in [5.41, 5.74) is 6.19. The van der Waals surface area contributed by atoms with E-state index in [1.54, 1.807) is 22.7 Å². The van der Waals surface area contributed by atoms with E-state index >= 15 is 0 Å². The molecule has 2 aromatic carbocycles. The number of halogens is 2. The Bertz CT molecular complexity index is 1310. The third-order valence-electron chi connectivity index (χ3n) is 4.31. The summed E-state index contributed by atoms with van der Waals surface area (Å²) in [6.45, 7) is 0. The van der Waals surface area contributed by atoms with Crippen LogP contribution in [0.25, 0.3) is 42.9 Å². The maximum absolute atomic E-state index is 4.34. The fraction of sp³-hybridized carbons (Fsp3) is 0. The predicted molar refractivity (Wildman–Crippen MR) is 137 cm³/mol. The van der Waals surface area contributed by atoms with Crippen molar-refractivity contribution in [2.75, 3.05) is 0 Å². The molecule has 4 aromatic heterocycles. The molecule has 0 saturated carbocycles. The molecule has 0 aliphatic heterocycles. The summed E-state index contributed by atoms with van der Waals surface area (Å²) < 4.78 is 19.3. The molecule has 30 heavy (non-hydrogen) atoms.